The monoisotopic (exact) mass is 360 g/mol. The second-order valence-electron chi connectivity index (χ2n) is 6.07. The van der Waals surface area contributed by atoms with E-state index < -0.39 is 11.6 Å². The van der Waals surface area contributed by atoms with Gasteiger partial charge in [0.15, 0.2) is 5.96 Å². The SMILES string of the molecule is CN=C(NCc1ccnc(C)n1)N1CCN(c2cc(F)ccc2F)CC1. The maximum absolute atomic E-state index is 13.9. The average Bonchev–Trinajstić information content (AvgIpc) is 2.65. The molecule has 0 atom stereocenters. The van der Waals surface area contributed by atoms with Crippen molar-refractivity contribution in [3.63, 3.8) is 0 Å². The molecule has 26 heavy (non-hydrogen) atoms. The first kappa shape index (κ1) is 18.0. The summed E-state index contributed by atoms with van der Waals surface area (Å²) >= 11 is 0. The highest BCUT2D eigenvalue weighted by molar-refractivity contribution is 5.80. The third-order valence-electron chi connectivity index (χ3n) is 4.30. The zero-order valence-corrected chi connectivity index (χ0v) is 14.9. The molecule has 3 rings (SSSR count). The number of piperazine rings is 1. The molecule has 2 heterocycles. The van der Waals surface area contributed by atoms with Crippen molar-refractivity contribution in [1.82, 2.24) is 20.2 Å². The van der Waals surface area contributed by atoms with Crippen LogP contribution < -0.4 is 10.2 Å². The molecule has 2 aromatic rings. The summed E-state index contributed by atoms with van der Waals surface area (Å²) in [4.78, 5) is 16.7. The summed E-state index contributed by atoms with van der Waals surface area (Å²) in [6.07, 6.45) is 1.73. The van der Waals surface area contributed by atoms with Crippen LogP contribution >= 0.6 is 0 Å². The number of benzene rings is 1. The predicted octanol–water partition coefficient (Wildman–Crippen LogP) is 1.96. The van der Waals surface area contributed by atoms with E-state index in [9.17, 15) is 8.78 Å². The number of rotatable bonds is 3. The Labute approximate surface area is 151 Å². The second-order valence-corrected chi connectivity index (χ2v) is 6.07. The highest BCUT2D eigenvalue weighted by Gasteiger charge is 2.22. The van der Waals surface area contributed by atoms with Crippen LogP contribution in [-0.2, 0) is 6.54 Å². The quantitative estimate of drug-likeness (QED) is 0.670. The smallest absolute Gasteiger partial charge is 0.194 e. The van der Waals surface area contributed by atoms with E-state index in [-0.39, 0.29) is 0 Å². The molecule has 0 saturated carbocycles. The van der Waals surface area contributed by atoms with Crippen LogP contribution in [0.25, 0.3) is 0 Å². The Kier molecular flexibility index (Phi) is 5.60. The molecule has 1 aromatic carbocycles. The van der Waals surface area contributed by atoms with Crippen LogP contribution in [0.5, 0.6) is 0 Å². The molecular weight excluding hydrogens is 338 g/mol. The summed E-state index contributed by atoms with van der Waals surface area (Å²) in [5.74, 6) is 0.661. The Hall–Kier alpha value is -2.77. The minimum absolute atomic E-state index is 0.309. The maximum atomic E-state index is 13.9. The lowest BCUT2D eigenvalue weighted by Crippen LogP contribution is -2.52. The number of aromatic nitrogens is 2. The molecule has 1 aromatic heterocycles. The Balaban J connectivity index is 1.58. The van der Waals surface area contributed by atoms with Crippen LogP contribution in [0.15, 0.2) is 35.5 Å². The summed E-state index contributed by atoms with van der Waals surface area (Å²) in [5, 5.41) is 3.29. The zero-order valence-electron chi connectivity index (χ0n) is 14.9. The summed E-state index contributed by atoms with van der Waals surface area (Å²) in [5.41, 5.74) is 1.20. The van der Waals surface area contributed by atoms with Gasteiger partial charge in [-0.05, 0) is 25.1 Å². The van der Waals surface area contributed by atoms with E-state index in [2.05, 4.69) is 25.2 Å². The number of aryl methyl sites for hydroxylation is 1. The van der Waals surface area contributed by atoms with Crippen molar-refractivity contribution >= 4 is 11.6 Å². The molecule has 6 nitrogen and oxygen atoms in total. The molecule has 0 radical (unpaired) electrons. The predicted molar refractivity (Wildman–Crippen MR) is 97.1 cm³/mol. The van der Waals surface area contributed by atoms with Crippen LogP contribution in [0.2, 0.25) is 0 Å². The Morgan fingerprint density at radius 1 is 1.19 bits per heavy atom. The Bertz CT molecular complexity index is 787. The van der Waals surface area contributed by atoms with Crippen LogP contribution in [0.1, 0.15) is 11.5 Å². The first-order valence-corrected chi connectivity index (χ1v) is 8.51. The number of guanidine groups is 1. The third kappa shape index (κ3) is 4.25. The van der Waals surface area contributed by atoms with Crippen molar-refractivity contribution in [3.8, 4) is 0 Å². The molecule has 1 N–H and O–H groups in total. The fourth-order valence-corrected chi connectivity index (χ4v) is 2.99. The number of hydrogen-bond acceptors (Lipinski definition) is 4. The normalized spacial score (nSPS) is 15.3. The van der Waals surface area contributed by atoms with Crippen molar-refractivity contribution in [2.24, 2.45) is 4.99 Å². The van der Waals surface area contributed by atoms with Crippen molar-refractivity contribution in [2.75, 3.05) is 38.1 Å². The fourth-order valence-electron chi connectivity index (χ4n) is 2.99. The van der Waals surface area contributed by atoms with Gasteiger partial charge in [-0.2, -0.15) is 0 Å². The van der Waals surface area contributed by atoms with Gasteiger partial charge >= 0.3 is 0 Å². The van der Waals surface area contributed by atoms with E-state index in [1.165, 1.54) is 12.1 Å². The molecule has 0 aliphatic carbocycles. The zero-order chi connectivity index (χ0) is 18.5. The van der Waals surface area contributed by atoms with Gasteiger partial charge in [-0.25, -0.2) is 18.7 Å². The molecule has 0 amide bonds. The lowest BCUT2D eigenvalue weighted by Gasteiger charge is -2.37. The molecule has 1 fully saturated rings. The topological polar surface area (TPSA) is 56.7 Å². The van der Waals surface area contributed by atoms with E-state index in [1.807, 2.05) is 17.9 Å². The number of hydrogen-bond donors (Lipinski definition) is 1. The van der Waals surface area contributed by atoms with E-state index in [0.29, 0.717) is 38.4 Å². The lowest BCUT2D eigenvalue weighted by atomic mass is 10.2. The maximum Gasteiger partial charge on any atom is 0.194 e. The van der Waals surface area contributed by atoms with Gasteiger partial charge in [-0.3, -0.25) is 4.99 Å². The molecule has 1 saturated heterocycles. The van der Waals surface area contributed by atoms with E-state index in [1.54, 1.807) is 13.2 Å². The Morgan fingerprint density at radius 2 is 1.96 bits per heavy atom. The largest absolute Gasteiger partial charge is 0.366 e. The number of halogens is 2. The van der Waals surface area contributed by atoms with Crippen molar-refractivity contribution < 1.29 is 8.78 Å². The molecule has 1 aliphatic heterocycles. The fraction of sp³-hybridized carbons (Fsp3) is 0.389. The van der Waals surface area contributed by atoms with Crippen LogP contribution in [0, 0.1) is 18.6 Å². The number of nitrogens with zero attached hydrogens (tertiary/aromatic N) is 5. The first-order valence-electron chi connectivity index (χ1n) is 8.51. The second kappa shape index (κ2) is 8.07. The van der Waals surface area contributed by atoms with Crippen LogP contribution in [0.4, 0.5) is 14.5 Å². The van der Waals surface area contributed by atoms with Gasteiger partial charge in [0, 0.05) is 45.5 Å². The van der Waals surface area contributed by atoms with Gasteiger partial charge in [-0.15, -0.1) is 0 Å². The van der Waals surface area contributed by atoms with Crippen LogP contribution in [0.3, 0.4) is 0 Å². The summed E-state index contributed by atoms with van der Waals surface area (Å²) < 4.78 is 27.4. The van der Waals surface area contributed by atoms with Gasteiger partial charge in [0.1, 0.15) is 17.5 Å². The number of aliphatic imine (C=N–C) groups is 1. The van der Waals surface area contributed by atoms with Gasteiger partial charge in [0.05, 0.1) is 17.9 Å². The van der Waals surface area contributed by atoms with E-state index >= 15 is 0 Å². The summed E-state index contributed by atoms with van der Waals surface area (Å²) in [7, 11) is 1.73. The molecule has 0 spiro atoms. The average molecular weight is 360 g/mol. The molecule has 138 valence electrons. The van der Waals surface area contributed by atoms with Gasteiger partial charge in [0.2, 0.25) is 0 Å². The molecule has 8 heteroatoms. The van der Waals surface area contributed by atoms with Gasteiger partial charge < -0.3 is 15.1 Å². The van der Waals surface area contributed by atoms with Crippen LogP contribution in [-0.4, -0.2) is 54.1 Å². The van der Waals surface area contributed by atoms with E-state index in [4.69, 9.17) is 0 Å². The Morgan fingerprint density at radius 3 is 2.65 bits per heavy atom. The van der Waals surface area contributed by atoms with E-state index in [0.717, 1.165) is 23.5 Å². The molecule has 1 aliphatic rings. The summed E-state index contributed by atoms with van der Waals surface area (Å²) in [6.45, 7) is 4.91. The molecule has 0 unspecified atom stereocenters. The summed E-state index contributed by atoms with van der Waals surface area (Å²) in [6, 6.07) is 5.41. The highest BCUT2D eigenvalue weighted by Crippen LogP contribution is 2.21. The van der Waals surface area contributed by atoms with Gasteiger partial charge in [0.25, 0.3) is 0 Å². The third-order valence-corrected chi connectivity index (χ3v) is 4.30. The number of nitrogens with one attached hydrogen (secondary N) is 1. The number of anilines is 1. The standard InChI is InChI=1S/C18H22F2N6/c1-13-22-6-5-15(24-13)12-23-18(21-2)26-9-7-25(8-10-26)17-11-14(19)3-4-16(17)20/h3-6,11H,7-10,12H2,1-2H3,(H,21,23). The van der Waals surface area contributed by atoms with Gasteiger partial charge in [-0.1, -0.05) is 0 Å². The lowest BCUT2D eigenvalue weighted by molar-refractivity contribution is 0.370. The molecule has 0 bridgehead atoms. The molecular formula is C18H22F2N6. The van der Waals surface area contributed by atoms with Crippen molar-refractivity contribution in [1.29, 1.82) is 0 Å². The van der Waals surface area contributed by atoms with Crippen molar-refractivity contribution in [2.45, 2.75) is 13.5 Å². The first-order chi connectivity index (χ1) is 12.6. The highest BCUT2D eigenvalue weighted by atomic mass is 19.1. The minimum Gasteiger partial charge on any atom is -0.366 e. The van der Waals surface area contributed by atoms with Crippen molar-refractivity contribution in [3.05, 3.63) is 53.6 Å². The minimum atomic E-state index is -0.429.